The summed E-state index contributed by atoms with van der Waals surface area (Å²) in [6.07, 6.45) is 1.77. The molecule has 0 bridgehead atoms. The van der Waals surface area contributed by atoms with Gasteiger partial charge in [-0.15, -0.1) is 10.2 Å². The summed E-state index contributed by atoms with van der Waals surface area (Å²) in [6, 6.07) is 8.85. The van der Waals surface area contributed by atoms with Crippen LogP contribution in [0.2, 0.25) is 0 Å². The Balaban J connectivity index is 1.49. The lowest BCUT2D eigenvalue weighted by molar-refractivity contribution is 0.203. The number of rotatable bonds is 4. The van der Waals surface area contributed by atoms with Gasteiger partial charge in [-0.05, 0) is 25.0 Å². The second-order valence-electron chi connectivity index (χ2n) is 4.17. The van der Waals surface area contributed by atoms with Gasteiger partial charge in [-0.2, -0.15) is 0 Å². The topological polar surface area (TPSA) is 76.1 Å². The molecule has 1 heterocycles. The van der Waals surface area contributed by atoms with Crippen molar-refractivity contribution in [1.82, 2.24) is 15.6 Å². The Morgan fingerprint density at radius 2 is 2.05 bits per heavy atom. The van der Waals surface area contributed by atoms with Crippen LogP contribution in [0.3, 0.4) is 0 Å². The van der Waals surface area contributed by atoms with E-state index in [2.05, 4.69) is 21.0 Å². The van der Waals surface area contributed by atoms with E-state index in [1.807, 2.05) is 6.07 Å². The Morgan fingerprint density at radius 1 is 1.26 bits per heavy atom. The molecule has 0 saturated heterocycles. The summed E-state index contributed by atoms with van der Waals surface area (Å²) < 4.78 is 5.05. The molecule has 0 aliphatic heterocycles. The number of amides is 1. The van der Waals surface area contributed by atoms with Gasteiger partial charge in [0.2, 0.25) is 5.13 Å². The fraction of sp³-hybridized carbons (Fsp3) is 0.250. The van der Waals surface area contributed by atoms with E-state index in [-0.39, 0.29) is 0 Å². The molecule has 3 rings (SSSR count). The molecular weight excluding hydrogens is 264 g/mol. The second kappa shape index (κ2) is 5.23. The van der Waals surface area contributed by atoms with Crippen LogP contribution in [0.15, 0.2) is 30.3 Å². The quantitative estimate of drug-likeness (QED) is 0.839. The monoisotopic (exact) mass is 276 g/mol. The summed E-state index contributed by atoms with van der Waals surface area (Å²) in [5.41, 5.74) is 5.10. The first-order valence-corrected chi connectivity index (χ1v) is 6.75. The molecule has 0 atom stereocenters. The fourth-order valence-electron chi connectivity index (χ4n) is 1.51. The highest BCUT2D eigenvalue weighted by atomic mass is 32.1. The molecule has 1 amide bonds. The maximum absolute atomic E-state index is 11.5. The predicted octanol–water partition coefficient (Wildman–Crippen LogP) is 2.53. The van der Waals surface area contributed by atoms with Gasteiger partial charge in [0.15, 0.2) is 0 Å². The van der Waals surface area contributed by atoms with E-state index in [1.54, 1.807) is 24.3 Å². The van der Waals surface area contributed by atoms with E-state index in [9.17, 15) is 4.79 Å². The molecular formula is C12H12N4O2S. The summed E-state index contributed by atoms with van der Waals surface area (Å²) in [5, 5.41) is 9.57. The van der Waals surface area contributed by atoms with Gasteiger partial charge in [-0.1, -0.05) is 29.5 Å². The molecule has 0 radical (unpaired) electrons. The van der Waals surface area contributed by atoms with Crippen molar-refractivity contribution >= 4 is 22.6 Å². The Hall–Kier alpha value is -2.15. The summed E-state index contributed by atoms with van der Waals surface area (Å²) >= 11 is 1.45. The number of hydrazine groups is 1. The van der Waals surface area contributed by atoms with E-state index >= 15 is 0 Å². The molecule has 6 nitrogen and oxygen atoms in total. The van der Waals surface area contributed by atoms with Crippen molar-refractivity contribution in [1.29, 1.82) is 0 Å². The molecule has 1 aliphatic carbocycles. The first-order valence-electron chi connectivity index (χ1n) is 5.93. The minimum absolute atomic E-state index is 0.484. The van der Waals surface area contributed by atoms with Gasteiger partial charge >= 0.3 is 6.09 Å². The smallest absolute Gasteiger partial charge is 0.409 e. The summed E-state index contributed by atoms with van der Waals surface area (Å²) in [6.45, 7) is 0. The van der Waals surface area contributed by atoms with Crippen molar-refractivity contribution in [2.45, 2.75) is 18.8 Å². The molecule has 2 aromatic rings. The van der Waals surface area contributed by atoms with Crippen LogP contribution >= 0.6 is 11.3 Å². The molecule has 7 heteroatoms. The second-order valence-corrected chi connectivity index (χ2v) is 5.18. The van der Waals surface area contributed by atoms with E-state index in [0.29, 0.717) is 16.8 Å². The van der Waals surface area contributed by atoms with E-state index in [0.717, 1.165) is 5.01 Å². The van der Waals surface area contributed by atoms with Crippen LogP contribution in [-0.2, 0) is 0 Å². The highest BCUT2D eigenvalue weighted by Crippen LogP contribution is 2.41. The first kappa shape index (κ1) is 11.9. The van der Waals surface area contributed by atoms with Gasteiger partial charge in [0, 0.05) is 5.92 Å². The number of hydrogen-bond acceptors (Lipinski definition) is 6. The van der Waals surface area contributed by atoms with Gasteiger partial charge in [0.25, 0.3) is 0 Å². The van der Waals surface area contributed by atoms with Gasteiger partial charge in [0.05, 0.1) is 0 Å². The van der Waals surface area contributed by atoms with Crippen molar-refractivity contribution in [3.8, 4) is 5.75 Å². The van der Waals surface area contributed by atoms with Crippen LogP contribution in [0.5, 0.6) is 5.75 Å². The largest absolute Gasteiger partial charge is 0.431 e. The van der Waals surface area contributed by atoms with E-state index in [1.165, 1.54) is 24.2 Å². The van der Waals surface area contributed by atoms with Crippen molar-refractivity contribution in [2.24, 2.45) is 0 Å². The lowest BCUT2D eigenvalue weighted by atomic mass is 10.3. The number of nitrogens with one attached hydrogen (secondary N) is 2. The zero-order valence-electron chi connectivity index (χ0n) is 10.00. The van der Waals surface area contributed by atoms with Crippen LogP contribution in [0.25, 0.3) is 0 Å². The Bertz CT molecular complexity index is 568. The van der Waals surface area contributed by atoms with Gasteiger partial charge in [-0.25, -0.2) is 10.2 Å². The third-order valence-corrected chi connectivity index (χ3v) is 3.59. The summed E-state index contributed by atoms with van der Waals surface area (Å²) in [7, 11) is 0. The third kappa shape index (κ3) is 3.19. The molecule has 1 aliphatic rings. The lowest BCUT2D eigenvalue weighted by Crippen LogP contribution is -2.32. The van der Waals surface area contributed by atoms with Crippen molar-refractivity contribution in [3.05, 3.63) is 35.3 Å². The van der Waals surface area contributed by atoms with Crippen LogP contribution in [0, 0.1) is 0 Å². The summed E-state index contributed by atoms with van der Waals surface area (Å²) in [4.78, 5) is 11.5. The molecule has 0 spiro atoms. The maximum atomic E-state index is 11.5. The number of benzene rings is 1. The number of aromatic nitrogens is 2. The Morgan fingerprint density at radius 3 is 2.79 bits per heavy atom. The average molecular weight is 276 g/mol. The zero-order valence-corrected chi connectivity index (χ0v) is 10.8. The number of para-hydroxylation sites is 1. The van der Waals surface area contributed by atoms with Crippen molar-refractivity contribution < 1.29 is 9.53 Å². The minimum Gasteiger partial charge on any atom is -0.409 e. The first-order chi connectivity index (χ1) is 9.31. The van der Waals surface area contributed by atoms with Crippen molar-refractivity contribution in [3.63, 3.8) is 0 Å². The van der Waals surface area contributed by atoms with Gasteiger partial charge < -0.3 is 4.74 Å². The Kier molecular flexibility index (Phi) is 3.28. The fourth-order valence-corrected chi connectivity index (χ4v) is 2.37. The molecule has 1 fully saturated rings. The molecule has 1 saturated carbocycles. The van der Waals surface area contributed by atoms with Crippen molar-refractivity contribution in [2.75, 3.05) is 5.43 Å². The summed E-state index contributed by atoms with van der Waals surface area (Å²) in [5.74, 6) is 1.04. The number of nitrogens with zero attached hydrogens (tertiary/aromatic N) is 2. The number of ether oxygens (including phenoxy) is 1. The highest BCUT2D eigenvalue weighted by molar-refractivity contribution is 7.15. The predicted molar refractivity (Wildman–Crippen MR) is 71.1 cm³/mol. The van der Waals surface area contributed by atoms with E-state index in [4.69, 9.17) is 4.74 Å². The average Bonchev–Trinajstić information content (AvgIpc) is 3.17. The Labute approximate surface area is 113 Å². The third-order valence-electron chi connectivity index (χ3n) is 2.59. The molecule has 19 heavy (non-hydrogen) atoms. The number of carbonyl (C=O) groups is 1. The number of anilines is 1. The van der Waals surface area contributed by atoms with E-state index < -0.39 is 6.09 Å². The highest BCUT2D eigenvalue weighted by Gasteiger charge is 2.27. The van der Waals surface area contributed by atoms with Gasteiger partial charge in [-0.3, -0.25) is 5.43 Å². The standard InChI is InChI=1S/C12H12N4O2S/c17-12(18-9-4-2-1-3-5-9)16-15-11-14-13-10(19-11)8-6-7-8/h1-5,8H,6-7H2,(H,14,15)(H,16,17). The SMILES string of the molecule is O=C(NNc1nnc(C2CC2)s1)Oc1ccccc1. The number of hydrogen-bond donors (Lipinski definition) is 2. The molecule has 1 aromatic carbocycles. The molecule has 2 N–H and O–H groups in total. The number of carbonyl (C=O) groups excluding carboxylic acids is 1. The lowest BCUT2D eigenvalue weighted by Gasteiger charge is -2.05. The maximum Gasteiger partial charge on any atom is 0.431 e. The van der Waals surface area contributed by atoms with Crippen LogP contribution in [-0.4, -0.2) is 16.3 Å². The van der Waals surface area contributed by atoms with Crippen LogP contribution < -0.4 is 15.6 Å². The van der Waals surface area contributed by atoms with Gasteiger partial charge in [0.1, 0.15) is 10.8 Å². The molecule has 98 valence electrons. The molecule has 1 aromatic heterocycles. The minimum atomic E-state index is -0.589. The normalized spacial score (nSPS) is 13.9. The van der Waals surface area contributed by atoms with Crippen LogP contribution in [0.4, 0.5) is 9.93 Å². The molecule has 0 unspecified atom stereocenters. The van der Waals surface area contributed by atoms with Crippen LogP contribution in [0.1, 0.15) is 23.8 Å². The zero-order chi connectivity index (χ0) is 13.1.